The van der Waals surface area contributed by atoms with Crippen LogP contribution >= 0.6 is 22.9 Å². The van der Waals surface area contributed by atoms with Crippen LogP contribution < -0.4 is 4.72 Å². The number of anilines is 1. The molecule has 0 fully saturated rings. The fourth-order valence-corrected chi connectivity index (χ4v) is 2.73. The molecule has 0 aliphatic rings. The van der Waals surface area contributed by atoms with E-state index in [-0.39, 0.29) is 17.2 Å². The van der Waals surface area contributed by atoms with Crippen molar-refractivity contribution in [2.45, 2.75) is 6.92 Å². The molecule has 0 bridgehead atoms. The normalized spacial score (nSPS) is 11.1. The summed E-state index contributed by atoms with van der Waals surface area (Å²) in [5.74, 6) is -0.559. The Balaban J connectivity index is 2.91. The van der Waals surface area contributed by atoms with Crippen LogP contribution in [0.15, 0.2) is 11.4 Å². The predicted molar refractivity (Wildman–Crippen MR) is 63.5 cm³/mol. The van der Waals surface area contributed by atoms with E-state index in [4.69, 9.17) is 16.3 Å². The Morgan fingerprint density at radius 2 is 2.31 bits per heavy atom. The van der Waals surface area contributed by atoms with Crippen LogP contribution in [-0.2, 0) is 14.8 Å². The van der Waals surface area contributed by atoms with Crippen LogP contribution in [-0.4, -0.2) is 26.2 Å². The van der Waals surface area contributed by atoms with Gasteiger partial charge >= 0.3 is 5.97 Å². The van der Waals surface area contributed by atoms with E-state index in [9.17, 15) is 13.2 Å². The maximum atomic E-state index is 11.4. The monoisotopic (exact) mass is 283 g/mol. The standard InChI is InChI=1S/C8H10ClNO4S2/c1-2-14-8(11)6-3-4-15-7(6)10-16(12,13)5-9/h3-4,10H,2,5H2,1H3. The van der Waals surface area contributed by atoms with Gasteiger partial charge in [-0.05, 0) is 18.4 Å². The number of halogens is 1. The van der Waals surface area contributed by atoms with Crippen molar-refractivity contribution in [2.75, 3.05) is 16.5 Å². The summed E-state index contributed by atoms with van der Waals surface area (Å²) in [7, 11) is -3.60. The molecule has 5 nitrogen and oxygen atoms in total. The van der Waals surface area contributed by atoms with Crippen molar-refractivity contribution < 1.29 is 17.9 Å². The van der Waals surface area contributed by atoms with Crippen molar-refractivity contribution in [3.63, 3.8) is 0 Å². The molecule has 90 valence electrons. The van der Waals surface area contributed by atoms with E-state index in [1.54, 1.807) is 12.3 Å². The quantitative estimate of drug-likeness (QED) is 0.661. The first-order valence-corrected chi connectivity index (χ1v) is 7.38. The van der Waals surface area contributed by atoms with Crippen molar-refractivity contribution in [3.05, 3.63) is 17.0 Å². The van der Waals surface area contributed by atoms with E-state index < -0.39 is 21.2 Å². The largest absolute Gasteiger partial charge is 0.462 e. The van der Waals surface area contributed by atoms with Crippen molar-refractivity contribution >= 4 is 43.9 Å². The summed E-state index contributed by atoms with van der Waals surface area (Å²) in [5.41, 5.74) is 0.195. The topological polar surface area (TPSA) is 72.5 Å². The average molecular weight is 284 g/mol. The lowest BCUT2D eigenvalue weighted by atomic mass is 10.3. The summed E-state index contributed by atoms with van der Waals surface area (Å²) >= 11 is 6.34. The molecular weight excluding hydrogens is 274 g/mol. The fourth-order valence-electron chi connectivity index (χ4n) is 0.926. The number of ether oxygens (including phenoxy) is 1. The number of nitrogens with one attached hydrogen (secondary N) is 1. The number of alkyl halides is 1. The SMILES string of the molecule is CCOC(=O)c1ccsc1NS(=O)(=O)CCl. The van der Waals surface area contributed by atoms with E-state index in [2.05, 4.69) is 4.72 Å². The highest BCUT2D eigenvalue weighted by molar-refractivity contribution is 7.94. The predicted octanol–water partition coefficient (Wildman–Crippen LogP) is 1.86. The lowest BCUT2D eigenvalue weighted by Crippen LogP contribution is -2.15. The van der Waals surface area contributed by atoms with Crippen molar-refractivity contribution in [3.8, 4) is 0 Å². The summed E-state index contributed by atoms with van der Waals surface area (Å²) in [6, 6.07) is 1.49. The van der Waals surface area contributed by atoms with Gasteiger partial charge in [-0.2, -0.15) is 0 Å². The van der Waals surface area contributed by atoms with Crippen molar-refractivity contribution in [2.24, 2.45) is 0 Å². The van der Waals surface area contributed by atoms with E-state index in [0.29, 0.717) is 0 Å². The van der Waals surface area contributed by atoms with Gasteiger partial charge in [0, 0.05) is 0 Å². The smallest absolute Gasteiger partial charge is 0.341 e. The van der Waals surface area contributed by atoms with Gasteiger partial charge < -0.3 is 4.74 Å². The Morgan fingerprint density at radius 1 is 1.62 bits per heavy atom. The van der Waals surface area contributed by atoms with E-state index in [1.807, 2.05) is 0 Å². The molecule has 1 aromatic heterocycles. The number of carbonyl (C=O) groups is 1. The second-order valence-electron chi connectivity index (χ2n) is 2.71. The van der Waals surface area contributed by atoms with Gasteiger partial charge in [-0.25, -0.2) is 13.2 Å². The number of esters is 1. The van der Waals surface area contributed by atoms with E-state index in [1.165, 1.54) is 6.07 Å². The van der Waals surface area contributed by atoms with Crippen molar-refractivity contribution in [1.82, 2.24) is 0 Å². The summed E-state index contributed by atoms with van der Waals surface area (Å²) in [6.45, 7) is 1.91. The molecule has 0 unspecified atom stereocenters. The molecule has 0 saturated heterocycles. The highest BCUT2D eigenvalue weighted by atomic mass is 35.5. The lowest BCUT2D eigenvalue weighted by Gasteiger charge is -2.05. The molecule has 0 aliphatic heterocycles. The van der Waals surface area contributed by atoms with Gasteiger partial charge in [0.1, 0.15) is 10.2 Å². The zero-order valence-corrected chi connectivity index (χ0v) is 10.8. The van der Waals surface area contributed by atoms with Gasteiger partial charge in [0.15, 0.2) is 0 Å². The van der Waals surface area contributed by atoms with Gasteiger partial charge in [0.25, 0.3) is 0 Å². The van der Waals surface area contributed by atoms with Gasteiger partial charge in [-0.15, -0.1) is 22.9 Å². The van der Waals surface area contributed by atoms with Crippen LogP contribution in [0.2, 0.25) is 0 Å². The number of carbonyl (C=O) groups excluding carboxylic acids is 1. The van der Waals surface area contributed by atoms with Crippen LogP contribution in [0, 0.1) is 0 Å². The Kier molecular flexibility index (Phi) is 4.57. The van der Waals surface area contributed by atoms with Crippen molar-refractivity contribution in [1.29, 1.82) is 0 Å². The second kappa shape index (κ2) is 5.51. The molecule has 0 aromatic carbocycles. The lowest BCUT2D eigenvalue weighted by molar-refractivity contribution is 0.0528. The minimum absolute atomic E-state index is 0.195. The molecule has 0 radical (unpaired) electrons. The van der Waals surface area contributed by atoms with E-state index in [0.717, 1.165) is 11.3 Å². The maximum absolute atomic E-state index is 11.4. The average Bonchev–Trinajstić information content (AvgIpc) is 2.65. The van der Waals surface area contributed by atoms with Gasteiger partial charge in [-0.3, -0.25) is 4.72 Å². The Hall–Kier alpha value is -0.790. The molecule has 0 saturated carbocycles. The van der Waals surface area contributed by atoms with Crippen LogP contribution in [0.3, 0.4) is 0 Å². The van der Waals surface area contributed by atoms with E-state index >= 15 is 0 Å². The molecule has 0 atom stereocenters. The Bertz CT molecular complexity index is 468. The third-order valence-electron chi connectivity index (χ3n) is 1.55. The van der Waals surface area contributed by atoms with Crippen LogP contribution in [0.25, 0.3) is 0 Å². The molecule has 1 N–H and O–H groups in total. The molecule has 8 heteroatoms. The third kappa shape index (κ3) is 3.36. The first kappa shape index (κ1) is 13.3. The maximum Gasteiger partial charge on any atom is 0.341 e. The first-order chi connectivity index (χ1) is 7.50. The molecule has 0 aliphatic carbocycles. The highest BCUT2D eigenvalue weighted by Crippen LogP contribution is 2.25. The van der Waals surface area contributed by atoms with Gasteiger partial charge in [0.2, 0.25) is 10.0 Å². The summed E-state index contributed by atoms with van der Waals surface area (Å²) < 4.78 is 29.4. The number of rotatable bonds is 5. The summed E-state index contributed by atoms with van der Waals surface area (Å²) in [4.78, 5) is 11.4. The summed E-state index contributed by atoms with van der Waals surface area (Å²) in [5, 5.41) is 1.25. The molecule has 1 heterocycles. The first-order valence-electron chi connectivity index (χ1n) is 4.31. The van der Waals surface area contributed by atoms with Gasteiger partial charge in [0.05, 0.1) is 12.2 Å². The Morgan fingerprint density at radius 3 is 2.88 bits per heavy atom. The summed E-state index contributed by atoms with van der Waals surface area (Å²) in [6.07, 6.45) is 0. The number of hydrogen-bond acceptors (Lipinski definition) is 5. The number of hydrogen-bond donors (Lipinski definition) is 1. The molecule has 0 amide bonds. The molecule has 1 rings (SSSR count). The van der Waals surface area contributed by atoms with Crippen LogP contribution in [0.1, 0.15) is 17.3 Å². The number of sulfonamides is 1. The van der Waals surface area contributed by atoms with Gasteiger partial charge in [-0.1, -0.05) is 0 Å². The van der Waals surface area contributed by atoms with Crippen LogP contribution in [0.5, 0.6) is 0 Å². The zero-order chi connectivity index (χ0) is 12.2. The number of thiophene rings is 1. The third-order valence-corrected chi connectivity index (χ3v) is 4.18. The fraction of sp³-hybridized carbons (Fsp3) is 0.375. The molecule has 0 spiro atoms. The van der Waals surface area contributed by atoms with Crippen LogP contribution in [0.4, 0.5) is 5.00 Å². The molecule has 16 heavy (non-hydrogen) atoms. The molecule has 1 aromatic rings. The minimum Gasteiger partial charge on any atom is -0.462 e. The molecular formula is C8H10ClNO4S2. The second-order valence-corrected chi connectivity index (χ2v) is 5.93. The zero-order valence-electron chi connectivity index (χ0n) is 8.40. The minimum atomic E-state index is -3.60. The Labute approximate surface area is 102 Å². The highest BCUT2D eigenvalue weighted by Gasteiger charge is 2.18.